The molecule has 0 amide bonds. The lowest BCUT2D eigenvalue weighted by Gasteiger charge is -2.32. The van der Waals surface area contributed by atoms with Gasteiger partial charge in [-0.15, -0.1) is 5.10 Å². The van der Waals surface area contributed by atoms with Gasteiger partial charge in [0.05, 0.1) is 31.0 Å². The van der Waals surface area contributed by atoms with Crippen LogP contribution in [0, 0.1) is 18.6 Å². The second-order valence-corrected chi connectivity index (χ2v) is 12.8. The molecule has 50 heavy (non-hydrogen) atoms. The summed E-state index contributed by atoms with van der Waals surface area (Å²) in [5.41, 5.74) is 4.09. The Hall–Kier alpha value is -4.87. The van der Waals surface area contributed by atoms with Gasteiger partial charge in [0.25, 0.3) is 6.43 Å². The van der Waals surface area contributed by atoms with Gasteiger partial charge in [-0.05, 0) is 87.7 Å². The summed E-state index contributed by atoms with van der Waals surface area (Å²) < 4.78 is 72.9. The lowest BCUT2D eigenvalue weighted by molar-refractivity contribution is 0.146. The molecule has 0 aliphatic carbocycles. The number of benzene rings is 3. The van der Waals surface area contributed by atoms with Crippen molar-refractivity contribution in [3.63, 3.8) is 0 Å². The molecule has 1 saturated heterocycles. The van der Waals surface area contributed by atoms with Gasteiger partial charge in [0.1, 0.15) is 11.6 Å². The number of piperidine rings is 1. The third-order valence-corrected chi connectivity index (χ3v) is 9.60. The van der Waals surface area contributed by atoms with Crippen LogP contribution in [0.2, 0.25) is 0 Å². The molecule has 258 valence electrons. The van der Waals surface area contributed by atoms with Crippen LogP contribution in [-0.4, -0.2) is 46.3 Å². The van der Waals surface area contributed by atoms with Crippen LogP contribution in [0.4, 0.5) is 29.1 Å². The first-order chi connectivity index (χ1) is 25.0. The van der Waals surface area contributed by atoms with Gasteiger partial charge in [-0.25, -0.2) is 17.6 Å². The van der Waals surface area contributed by atoms with Crippen LogP contribution >= 0.6 is 0 Å². The van der Waals surface area contributed by atoms with Crippen molar-refractivity contribution in [2.45, 2.75) is 51.6 Å². The molecule has 11 heteroatoms. The number of alkyl halides is 2. The van der Waals surface area contributed by atoms with E-state index in [0.717, 1.165) is 48.6 Å². The minimum Gasteiger partial charge on any atom is -0.361 e. The van der Waals surface area contributed by atoms with Crippen LogP contribution < -0.4 is 15.5 Å². The van der Waals surface area contributed by atoms with E-state index in [-0.39, 0.29) is 11.4 Å². The molecule has 7 rings (SSSR count). The van der Waals surface area contributed by atoms with E-state index in [0.29, 0.717) is 40.6 Å². The Bertz CT molecular complexity index is 2090. The molecule has 3 aromatic carbocycles. The summed E-state index contributed by atoms with van der Waals surface area (Å²) in [5, 5.41) is 16.0. The highest BCUT2D eigenvalue weighted by Gasteiger charge is 2.23. The van der Waals surface area contributed by atoms with E-state index in [2.05, 4.69) is 42.8 Å². The number of aromatic nitrogens is 3. The van der Waals surface area contributed by atoms with E-state index in [4.69, 9.17) is 2.74 Å². The Morgan fingerprint density at radius 3 is 2.52 bits per heavy atom. The fourth-order valence-corrected chi connectivity index (χ4v) is 6.75. The highest BCUT2D eigenvalue weighted by atomic mass is 19.3. The Morgan fingerprint density at radius 1 is 0.980 bits per heavy atom. The van der Waals surface area contributed by atoms with E-state index in [1.165, 1.54) is 23.8 Å². The predicted molar refractivity (Wildman–Crippen MR) is 189 cm³/mol. The molecule has 2 N–H and O–H groups in total. The van der Waals surface area contributed by atoms with Crippen molar-refractivity contribution in [1.29, 1.82) is 0 Å². The van der Waals surface area contributed by atoms with Crippen molar-refractivity contribution in [1.82, 2.24) is 25.4 Å². The smallest absolute Gasteiger partial charge is 0.266 e. The van der Waals surface area contributed by atoms with Gasteiger partial charge in [0.2, 0.25) is 0 Å². The Labute approximate surface area is 291 Å². The molecule has 2 unspecified atom stereocenters. The van der Waals surface area contributed by atoms with Crippen LogP contribution in [0.25, 0.3) is 22.0 Å². The molecule has 7 nitrogen and oxygen atoms in total. The first kappa shape index (κ1) is 31.1. The fourth-order valence-electron chi connectivity index (χ4n) is 6.75. The van der Waals surface area contributed by atoms with Crippen molar-refractivity contribution >= 4 is 22.3 Å². The van der Waals surface area contributed by atoms with Crippen LogP contribution in [0.3, 0.4) is 0 Å². The summed E-state index contributed by atoms with van der Waals surface area (Å²) in [4.78, 5) is 8.72. The van der Waals surface area contributed by atoms with Crippen molar-refractivity contribution in [2.75, 3.05) is 36.5 Å². The average molecular weight is 684 g/mol. The molecule has 2 aliphatic heterocycles. The van der Waals surface area contributed by atoms with Crippen molar-refractivity contribution < 1.29 is 20.3 Å². The largest absolute Gasteiger partial charge is 0.361 e. The third kappa shape index (κ3) is 7.06. The number of halogens is 4. The molecule has 2 aromatic heterocycles. The summed E-state index contributed by atoms with van der Waals surface area (Å²) in [5.74, 6) is -0.525. The number of nitrogens with one attached hydrogen (secondary N) is 2. The lowest BCUT2D eigenvalue weighted by atomic mass is 9.89. The minimum atomic E-state index is -2.93. The molecule has 0 bridgehead atoms. The Morgan fingerprint density at radius 2 is 1.76 bits per heavy atom. The maximum atomic E-state index is 15.2. The van der Waals surface area contributed by atoms with Gasteiger partial charge >= 0.3 is 0 Å². The quantitative estimate of drug-likeness (QED) is 0.151. The number of anilines is 2. The topological polar surface area (TPSA) is 69.2 Å². The molecule has 0 saturated carbocycles. The molecular formula is C39H39F4N7. The molecule has 3 atom stereocenters. The Balaban J connectivity index is 1.05. The van der Waals surface area contributed by atoms with Gasteiger partial charge in [0.15, 0.2) is 5.82 Å². The zero-order valence-corrected chi connectivity index (χ0v) is 27.8. The zero-order chi connectivity index (χ0) is 36.5. The summed E-state index contributed by atoms with van der Waals surface area (Å²) in [7, 11) is 0. The number of hydrogen-bond donors (Lipinski definition) is 2. The monoisotopic (exact) mass is 683 g/mol. The molecule has 0 radical (unpaired) electrons. The first-order valence-corrected chi connectivity index (χ1v) is 16.7. The second-order valence-electron chi connectivity index (χ2n) is 12.8. The zero-order valence-electron chi connectivity index (χ0n) is 29.8. The number of rotatable bonds is 9. The van der Waals surface area contributed by atoms with Gasteiger partial charge < -0.3 is 10.2 Å². The van der Waals surface area contributed by atoms with Gasteiger partial charge in [0, 0.05) is 60.0 Å². The van der Waals surface area contributed by atoms with E-state index in [9.17, 15) is 13.2 Å². The lowest BCUT2D eigenvalue weighted by Crippen LogP contribution is -2.34. The second kappa shape index (κ2) is 14.5. The highest BCUT2D eigenvalue weighted by molar-refractivity contribution is 5.94. The maximum absolute atomic E-state index is 15.2. The first-order valence-electron chi connectivity index (χ1n) is 17.9. The van der Waals surface area contributed by atoms with E-state index < -0.39 is 37.0 Å². The molecule has 4 heterocycles. The minimum absolute atomic E-state index is 0.0862. The molecule has 1 fully saturated rings. The van der Waals surface area contributed by atoms with E-state index in [1.807, 2.05) is 24.3 Å². The van der Waals surface area contributed by atoms with Gasteiger partial charge in [-0.3, -0.25) is 15.2 Å². The summed E-state index contributed by atoms with van der Waals surface area (Å²) in [6, 6.07) is 18.3. The molecule has 2 aliphatic rings. The van der Waals surface area contributed by atoms with Crippen molar-refractivity contribution in [2.24, 2.45) is 0 Å². The average Bonchev–Trinajstić information content (AvgIpc) is 3.14. The predicted octanol–water partition coefficient (Wildman–Crippen LogP) is 8.65. The number of fused-ring (bicyclic) bond motifs is 1. The van der Waals surface area contributed by atoms with E-state index in [1.54, 1.807) is 43.3 Å². The van der Waals surface area contributed by atoms with Crippen LogP contribution in [0.1, 0.15) is 68.8 Å². The molecule has 0 spiro atoms. The molecule has 5 aromatic rings. The van der Waals surface area contributed by atoms with E-state index >= 15 is 4.39 Å². The van der Waals surface area contributed by atoms with Gasteiger partial charge in [-0.1, -0.05) is 36.4 Å². The summed E-state index contributed by atoms with van der Waals surface area (Å²) in [6.07, 6.45) is 4.11. The van der Waals surface area contributed by atoms with Crippen molar-refractivity contribution in [3.8, 4) is 11.3 Å². The van der Waals surface area contributed by atoms with Crippen LogP contribution in [-0.2, 0) is 6.54 Å². The third-order valence-electron chi connectivity index (χ3n) is 9.60. The van der Waals surface area contributed by atoms with Gasteiger partial charge in [-0.2, -0.15) is 5.10 Å². The van der Waals surface area contributed by atoms with Crippen LogP contribution in [0.5, 0.6) is 0 Å². The number of aryl methyl sites for hydroxylation is 1. The Kier molecular flexibility index (Phi) is 9.06. The number of pyridine rings is 1. The maximum Gasteiger partial charge on any atom is 0.266 e. The van der Waals surface area contributed by atoms with Crippen molar-refractivity contribution in [3.05, 3.63) is 125 Å². The fraction of sp³-hybridized carbons (Fsp3) is 0.308. The normalized spacial score (nSPS) is 19.9. The SMILES string of the molecule is [2H]C1C=CN(c2ccc(C3CCN(Cc4cc(-c5cc6c(NC(C)c7cccc(C(F)F)c7F)nnc(C)c6cn5)ccc4F)CC3)cc2)[C@@H]([2H])N1. The number of hydrogen-bond acceptors (Lipinski definition) is 7. The summed E-state index contributed by atoms with van der Waals surface area (Å²) >= 11 is 0. The number of nitrogens with zero attached hydrogens (tertiary/aromatic N) is 5. The standard InChI is InChI=1S/C39H39F4N7/c1-24(31-5-3-6-32(37(31)41)38(42)43)46-39-33-20-36(45-21-34(33)25(2)47-48-39)28-9-12-35(40)29(19-28)22-49-17-13-27(14-18-49)26-7-10-30(11-8-26)50-16-4-15-44-23-50/h3-12,16,19-21,24,27,38,44H,13-15,17-18,22-23H2,1-2H3,(H,46,48)/i15D,23D/t15?,23-,24?/m0/s1. The number of likely N-dealkylation sites (tertiary alicyclic amines) is 1. The molecular weight excluding hydrogens is 642 g/mol. The highest BCUT2D eigenvalue weighted by Crippen LogP contribution is 2.34. The summed E-state index contributed by atoms with van der Waals surface area (Å²) in [6.45, 7) is 4.26. The van der Waals surface area contributed by atoms with Crippen LogP contribution in [0.15, 0.2) is 85.2 Å².